The summed E-state index contributed by atoms with van der Waals surface area (Å²) in [6.45, 7) is 5.52. The third kappa shape index (κ3) is 3.28. The Bertz CT molecular complexity index is 230. The van der Waals surface area contributed by atoms with Gasteiger partial charge in [0.2, 0.25) is 0 Å². The Balaban J connectivity index is 2.45. The second kappa shape index (κ2) is 4.88. The molecule has 4 nitrogen and oxygen atoms in total. The van der Waals surface area contributed by atoms with E-state index in [1.54, 1.807) is 0 Å². The lowest BCUT2D eigenvalue weighted by molar-refractivity contribution is -0.141. The zero-order valence-electron chi connectivity index (χ0n) is 8.82. The minimum atomic E-state index is -0.357. The van der Waals surface area contributed by atoms with Crippen molar-refractivity contribution in [3.8, 4) is 0 Å². The molecule has 1 heterocycles. The summed E-state index contributed by atoms with van der Waals surface area (Å²) in [7, 11) is 0. The molecule has 0 atom stereocenters. The first kappa shape index (κ1) is 10.9. The summed E-state index contributed by atoms with van der Waals surface area (Å²) in [6, 6.07) is 0. The van der Waals surface area contributed by atoms with Gasteiger partial charge < -0.3 is 15.4 Å². The van der Waals surface area contributed by atoms with E-state index in [0.29, 0.717) is 5.82 Å². The van der Waals surface area contributed by atoms with Crippen LogP contribution in [0.4, 0.5) is 0 Å². The lowest BCUT2D eigenvalue weighted by atomic mass is 10.4. The number of likely N-dealkylation sites (tertiary alicyclic amines) is 1. The predicted octanol–water partition coefficient (Wildman–Crippen LogP) is 0.834. The molecular weight excluding hydrogens is 180 g/mol. The lowest BCUT2D eigenvalue weighted by Gasteiger charge is -2.17. The largest absolute Gasteiger partial charge is 0.460 e. The molecule has 0 spiro atoms. The molecule has 1 aliphatic heterocycles. The number of nitrogens with two attached hydrogens (primary N) is 1. The average molecular weight is 198 g/mol. The molecule has 1 rings (SSSR count). The van der Waals surface area contributed by atoms with Gasteiger partial charge in [-0.1, -0.05) is 0 Å². The van der Waals surface area contributed by atoms with Gasteiger partial charge in [0.25, 0.3) is 0 Å². The predicted molar refractivity (Wildman–Crippen MR) is 54.3 cm³/mol. The second-order valence-electron chi connectivity index (χ2n) is 3.75. The van der Waals surface area contributed by atoms with E-state index in [1.807, 2.05) is 18.7 Å². The Morgan fingerprint density at radius 3 is 2.50 bits per heavy atom. The van der Waals surface area contributed by atoms with Crippen LogP contribution in [0.15, 0.2) is 11.9 Å². The molecule has 1 saturated heterocycles. The normalized spacial score (nSPS) is 17.6. The van der Waals surface area contributed by atoms with Crippen LogP contribution < -0.4 is 5.73 Å². The van der Waals surface area contributed by atoms with E-state index in [9.17, 15) is 4.79 Å². The molecule has 0 aromatic rings. The first-order chi connectivity index (χ1) is 6.59. The fourth-order valence-corrected chi connectivity index (χ4v) is 1.45. The molecule has 14 heavy (non-hydrogen) atoms. The van der Waals surface area contributed by atoms with E-state index in [-0.39, 0.29) is 12.1 Å². The Hall–Kier alpha value is -1.19. The molecule has 0 radical (unpaired) electrons. The maximum Gasteiger partial charge on any atom is 0.334 e. The molecule has 0 amide bonds. The minimum Gasteiger partial charge on any atom is -0.460 e. The van der Waals surface area contributed by atoms with E-state index in [4.69, 9.17) is 10.5 Å². The lowest BCUT2D eigenvalue weighted by Crippen LogP contribution is -2.25. The van der Waals surface area contributed by atoms with Gasteiger partial charge in [0.15, 0.2) is 0 Å². The topological polar surface area (TPSA) is 55.6 Å². The van der Waals surface area contributed by atoms with Gasteiger partial charge in [0.05, 0.1) is 12.2 Å². The molecular formula is C10H18N2O2. The summed E-state index contributed by atoms with van der Waals surface area (Å²) in [5.74, 6) is 0.164. The van der Waals surface area contributed by atoms with Crippen molar-refractivity contribution in [2.75, 3.05) is 13.1 Å². The Labute approximate surface area is 84.7 Å². The van der Waals surface area contributed by atoms with E-state index in [1.165, 1.54) is 6.08 Å². The van der Waals surface area contributed by atoms with Crippen LogP contribution in [-0.4, -0.2) is 30.1 Å². The Kier molecular flexibility index (Phi) is 3.80. The van der Waals surface area contributed by atoms with Gasteiger partial charge in [-0.15, -0.1) is 0 Å². The number of nitrogens with zero attached hydrogens (tertiary/aromatic N) is 1. The molecule has 0 saturated carbocycles. The molecule has 4 heteroatoms. The number of esters is 1. The summed E-state index contributed by atoms with van der Waals surface area (Å²) >= 11 is 0. The standard InChI is InChI=1S/C10H18N2O2/c1-8(2)14-10(13)7-9(11)12-5-3-4-6-12/h7-8H,3-6,11H2,1-2H3/b9-7+. The van der Waals surface area contributed by atoms with Crippen LogP contribution in [0.2, 0.25) is 0 Å². The number of carbonyl (C=O) groups excluding carboxylic acids is 1. The van der Waals surface area contributed by atoms with Gasteiger partial charge in [-0.2, -0.15) is 0 Å². The molecule has 80 valence electrons. The van der Waals surface area contributed by atoms with Crippen LogP contribution in [0.1, 0.15) is 26.7 Å². The van der Waals surface area contributed by atoms with Gasteiger partial charge in [-0.25, -0.2) is 4.79 Å². The number of ether oxygens (including phenoxy) is 1. The van der Waals surface area contributed by atoms with Crippen molar-refractivity contribution < 1.29 is 9.53 Å². The summed E-state index contributed by atoms with van der Waals surface area (Å²) in [5, 5.41) is 0. The van der Waals surface area contributed by atoms with E-state index >= 15 is 0 Å². The van der Waals surface area contributed by atoms with Crippen LogP contribution in [-0.2, 0) is 9.53 Å². The van der Waals surface area contributed by atoms with E-state index in [0.717, 1.165) is 25.9 Å². The highest BCUT2D eigenvalue weighted by molar-refractivity contribution is 5.82. The number of hydrogen-bond donors (Lipinski definition) is 1. The quantitative estimate of drug-likeness (QED) is 0.539. The maximum atomic E-state index is 11.2. The fourth-order valence-electron chi connectivity index (χ4n) is 1.45. The van der Waals surface area contributed by atoms with Crippen molar-refractivity contribution in [3.63, 3.8) is 0 Å². The van der Waals surface area contributed by atoms with Crippen molar-refractivity contribution in [2.45, 2.75) is 32.8 Å². The molecule has 1 aliphatic rings. The molecule has 2 N–H and O–H groups in total. The number of rotatable bonds is 3. The van der Waals surface area contributed by atoms with Gasteiger partial charge in [0, 0.05) is 13.1 Å². The average Bonchev–Trinajstić information content (AvgIpc) is 2.53. The molecule has 0 aromatic carbocycles. The van der Waals surface area contributed by atoms with Crippen molar-refractivity contribution in [2.24, 2.45) is 5.73 Å². The van der Waals surface area contributed by atoms with E-state index in [2.05, 4.69) is 0 Å². The smallest absolute Gasteiger partial charge is 0.334 e. The summed E-state index contributed by atoms with van der Waals surface area (Å²) in [6.07, 6.45) is 3.57. The van der Waals surface area contributed by atoms with Gasteiger partial charge in [-0.05, 0) is 26.7 Å². The summed E-state index contributed by atoms with van der Waals surface area (Å²) < 4.78 is 4.96. The Morgan fingerprint density at radius 1 is 1.43 bits per heavy atom. The van der Waals surface area contributed by atoms with Crippen LogP contribution in [0.5, 0.6) is 0 Å². The summed E-state index contributed by atoms with van der Waals surface area (Å²) in [4.78, 5) is 13.2. The highest BCUT2D eigenvalue weighted by atomic mass is 16.5. The third-order valence-electron chi connectivity index (χ3n) is 2.09. The minimum absolute atomic E-state index is 0.0925. The summed E-state index contributed by atoms with van der Waals surface area (Å²) in [5.41, 5.74) is 5.74. The third-order valence-corrected chi connectivity index (χ3v) is 2.09. The number of carbonyl (C=O) groups is 1. The van der Waals surface area contributed by atoms with Crippen LogP contribution in [0.25, 0.3) is 0 Å². The monoisotopic (exact) mass is 198 g/mol. The van der Waals surface area contributed by atoms with Gasteiger partial charge >= 0.3 is 5.97 Å². The highest BCUT2D eigenvalue weighted by Crippen LogP contribution is 2.10. The molecule has 0 bridgehead atoms. The van der Waals surface area contributed by atoms with Crippen molar-refractivity contribution in [1.82, 2.24) is 4.90 Å². The fraction of sp³-hybridized carbons (Fsp3) is 0.700. The Morgan fingerprint density at radius 2 is 2.00 bits per heavy atom. The van der Waals surface area contributed by atoms with Crippen molar-refractivity contribution in [1.29, 1.82) is 0 Å². The van der Waals surface area contributed by atoms with Gasteiger partial charge in [0.1, 0.15) is 5.82 Å². The van der Waals surface area contributed by atoms with Crippen LogP contribution in [0, 0.1) is 0 Å². The second-order valence-corrected chi connectivity index (χ2v) is 3.75. The maximum absolute atomic E-state index is 11.2. The zero-order chi connectivity index (χ0) is 10.6. The first-order valence-electron chi connectivity index (χ1n) is 5.02. The van der Waals surface area contributed by atoms with Gasteiger partial charge in [-0.3, -0.25) is 0 Å². The molecule has 0 aromatic heterocycles. The SMILES string of the molecule is CC(C)OC(=O)/C=C(\N)N1CCCC1. The molecule has 0 unspecified atom stereocenters. The number of hydrogen-bond acceptors (Lipinski definition) is 4. The highest BCUT2D eigenvalue weighted by Gasteiger charge is 2.13. The van der Waals surface area contributed by atoms with Crippen LogP contribution >= 0.6 is 0 Å². The van der Waals surface area contributed by atoms with E-state index < -0.39 is 0 Å². The molecule has 0 aliphatic carbocycles. The van der Waals surface area contributed by atoms with Crippen molar-refractivity contribution in [3.05, 3.63) is 11.9 Å². The van der Waals surface area contributed by atoms with Crippen molar-refractivity contribution >= 4 is 5.97 Å². The first-order valence-corrected chi connectivity index (χ1v) is 5.02. The molecule has 1 fully saturated rings. The van der Waals surface area contributed by atoms with Crippen LogP contribution in [0.3, 0.4) is 0 Å². The zero-order valence-corrected chi connectivity index (χ0v) is 8.82.